The summed E-state index contributed by atoms with van der Waals surface area (Å²) in [5.41, 5.74) is 2.85. The third-order valence-electron chi connectivity index (χ3n) is 4.41. The monoisotopic (exact) mass is 344 g/mol. The molecule has 2 rings (SSSR count). The van der Waals surface area contributed by atoms with E-state index in [1.165, 1.54) is 6.07 Å². The van der Waals surface area contributed by atoms with E-state index < -0.39 is 0 Å². The van der Waals surface area contributed by atoms with Crippen molar-refractivity contribution < 1.29 is 15.3 Å². The zero-order chi connectivity index (χ0) is 18.4. The summed E-state index contributed by atoms with van der Waals surface area (Å²) in [5, 5.41) is 32.6. The Balaban J connectivity index is 2.10. The van der Waals surface area contributed by atoms with E-state index in [9.17, 15) is 15.3 Å². The van der Waals surface area contributed by atoms with Gasteiger partial charge < -0.3 is 25.5 Å². The molecule has 2 aromatic carbocycles. The second-order valence-electron chi connectivity index (χ2n) is 6.95. The zero-order valence-electron chi connectivity index (χ0n) is 15.2. The summed E-state index contributed by atoms with van der Waals surface area (Å²) in [5.74, 6) is 0.0516. The highest BCUT2D eigenvalue weighted by molar-refractivity contribution is 5.46. The summed E-state index contributed by atoms with van der Waals surface area (Å²) in [4.78, 5) is 2.18. The van der Waals surface area contributed by atoms with E-state index in [-0.39, 0.29) is 24.5 Å². The third-order valence-corrected chi connectivity index (χ3v) is 4.41. The molecule has 0 saturated carbocycles. The van der Waals surface area contributed by atoms with Crippen molar-refractivity contribution in [3.63, 3.8) is 0 Å². The topological polar surface area (TPSA) is 76.0 Å². The molecule has 136 valence electrons. The van der Waals surface area contributed by atoms with Gasteiger partial charge in [0.05, 0.1) is 13.2 Å². The Morgan fingerprint density at radius 1 is 0.960 bits per heavy atom. The molecular weight excluding hydrogens is 316 g/mol. The average Bonchev–Trinajstić information content (AvgIpc) is 2.60. The molecule has 0 amide bonds. The third kappa shape index (κ3) is 4.95. The summed E-state index contributed by atoms with van der Waals surface area (Å²) in [6.07, 6.45) is 0. The van der Waals surface area contributed by atoms with Gasteiger partial charge in [0.2, 0.25) is 0 Å². The van der Waals surface area contributed by atoms with Crippen LogP contribution in [-0.4, -0.2) is 34.5 Å². The number of anilines is 1. The van der Waals surface area contributed by atoms with E-state index in [1.807, 2.05) is 25.2 Å². The van der Waals surface area contributed by atoms with Crippen molar-refractivity contribution in [2.45, 2.75) is 39.1 Å². The SMILES string of the molecule is CN(CC(C)(C)NCc1c(CO)ccc(O)c1CO)c1ccccc1. The van der Waals surface area contributed by atoms with Crippen LogP contribution < -0.4 is 10.2 Å². The number of benzene rings is 2. The molecule has 0 aliphatic heterocycles. The Kier molecular flexibility index (Phi) is 6.42. The molecule has 0 aliphatic carbocycles. The molecule has 0 atom stereocenters. The van der Waals surface area contributed by atoms with Crippen molar-refractivity contribution in [2.75, 3.05) is 18.5 Å². The van der Waals surface area contributed by atoms with Gasteiger partial charge in [0, 0.05) is 36.9 Å². The van der Waals surface area contributed by atoms with Gasteiger partial charge in [0.1, 0.15) is 5.75 Å². The Morgan fingerprint density at radius 2 is 1.64 bits per heavy atom. The summed E-state index contributed by atoms with van der Waals surface area (Å²) < 4.78 is 0. The Morgan fingerprint density at radius 3 is 2.24 bits per heavy atom. The number of para-hydroxylation sites is 1. The molecule has 0 heterocycles. The minimum Gasteiger partial charge on any atom is -0.508 e. The molecule has 0 radical (unpaired) electrons. The summed E-state index contributed by atoms with van der Waals surface area (Å²) in [6.45, 7) is 5.04. The van der Waals surface area contributed by atoms with Crippen molar-refractivity contribution in [3.05, 3.63) is 59.2 Å². The Hall–Kier alpha value is -2.08. The first kappa shape index (κ1) is 19.2. The molecule has 0 saturated heterocycles. The predicted octanol–water partition coefficient (Wildman–Crippen LogP) is 2.38. The maximum absolute atomic E-state index is 9.96. The number of hydrogen-bond donors (Lipinski definition) is 4. The van der Waals surface area contributed by atoms with Gasteiger partial charge in [-0.05, 0) is 43.2 Å². The van der Waals surface area contributed by atoms with Crippen LogP contribution in [0.25, 0.3) is 0 Å². The fourth-order valence-corrected chi connectivity index (χ4v) is 3.02. The lowest BCUT2D eigenvalue weighted by Crippen LogP contribution is -2.48. The van der Waals surface area contributed by atoms with Gasteiger partial charge in [0.15, 0.2) is 0 Å². The average molecular weight is 344 g/mol. The summed E-state index contributed by atoms with van der Waals surface area (Å²) in [7, 11) is 2.05. The van der Waals surface area contributed by atoms with Gasteiger partial charge in [-0.15, -0.1) is 0 Å². The van der Waals surface area contributed by atoms with Gasteiger partial charge in [-0.1, -0.05) is 24.3 Å². The minimum atomic E-state index is -0.263. The number of phenols is 1. The standard InChI is InChI=1S/C20H28N2O3/c1-20(2,14-22(3)16-7-5-4-6-8-16)21-11-17-15(12-23)9-10-19(25)18(17)13-24/h4-10,21,23-25H,11-14H2,1-3H3. The van der Waals surface area contributed by atoms with Crippen LogP contribution in [-0.2, 0) is 19.8 Å². The lowest BCUT2D eigenvalue weighted by atomic mass is 9.98. The highest BCUT2D eigenvalue weighted by Crippen LogP contribution is 2.26. The van der Waals surface area contributed by atoms with E-state index in [0.29, 0.717) is 17.7 Å². The van der Waals surface area contributed by atoms with E-state index in [4.69, 9.17) is 0 Å². The lowest BCUT2D eigenvalue weighted by Gasteiger charge is -2.33. The van der Waals surface area contributed by atoms with Crippen LogP contribution in [0.15, 0.2) is 42.5 Å². The molecule has 2 aromatic rings. The molecule has 0 fully saturated rings. The first-order valence-corrected chi connectivity index (χ1v) is 8.43. The number of aromatic hydroxyl groups is 1. The molecular formula is C20H28N2O3. The molecule has 4 N–H and O–H groups in total. The van der Waals surface area contributed by atoms with Crippen molar-refractivity contribution in [1.82, 2.24) is 5.32 Å². The lowest BCUT2D eigenvalue weighted by molar-refractivity contribution is 0.266. The second kappa shape index (κ2) is 8.34. The summed E-state index contributed by atoms with van der Waals surface area (Å²) >= 11 is 0. The van der Waals surface area contributed by atoms with E-state index in [0.717, 1.165) is 17.8 Å². The Labute approximate surface area is 149 Å². The van der Waals surface area contributed by atoms with Crippen molar-refractivity contribution in [2.24, 2.45) is 0 Å². The van der Waals surface area contributed by atoms with Crippen molar-refractivity contribution in [3.8, 4) is 5.75 Å². The van der Waals surface area contributed by atoms with Crippen LogP contribution in [0.5, 0.6) is 5.75 Å². The molecule has 0 unspecified atom stereocenters. The number of likely N-dealkylation sites (N-methyl/N-ethyl adjacent to an activating group) is 1. The molecule has 5 heteroatoms. The van der Waals surface area contributed by atoms with Crippen LogP contribution in [0.3, 0.4) is 0 Å². The first-order valence-electron chi connectivity index (χ1n) is 8.43. The maximum atomic E-state index is 9.96. The molecule has 25 heavy (non-hydrogen) atoms. The molecule has 0 aromatic heterocycles. The van der Waals surface area contributed by atoms with Crippen LogP contribution in [0.2, 0.25) is 0 Å². The predicted molar refractivity (Wildman–Crippen MR) is 101 cm³/mol. The number of aliphatic hydroxyl groups excluding tert-OH is 2. The van der Waals surface area contributed by atoms with E-state index in [2.05, 4.69) is 36.2 Å². The molecule has 0 aliphatic rings. The summed E-state index contributed by atoms with van der Waals surface area (Å²) in [6, 6.07) is 13.4. The van der Waals surface area contributed by atoms with Crippen LogP contribution in [0.4, 0.5) is 5.69 Å². The van der Waals surface area contributed by atoms with Crippen LogP contribution in [0, 0.1) is 0 Å². The van der Waals surface area contributed by atoms with Gasteiger partial charge in [-0.3, -0.25) is 0 Å². The molecule has 0 spiro atoms. The second-order valence-corrected chi connectivity index (χ2v) is 6.95. The van der Waals surface area contributed by atoms with E-state index >= 15 is 0 Å². The Bertz CT molecular complexity index is 687. The highest BCUT2D eigenvalue weighted by Gasteiger charge is 2.21. The number of hydrogen-bond acceptors (Lipinski definition) is 5. The van der Waals surface area contributed by atoms with Crippen LogP contribution >= 0.6 is 0 Å². The molecule has 5 nitrogen and oxygen atoms in total. The van der Waals surface area contributed by atoms with Gasteiger partial charge >= 0.3 is 0 Å². The molecule has 0 bridgehead atoms. The normalized spacial score (nSPS) is 11.6. The van der Waals surface area contributed by atoms with Gasteiger partial charge in [-0.25, -0.2) is 0 Å². The number of nitrogens with one attached hydrogen (secondary N) is 1. The zero-order valence-corrected chi connectivity index (χ0v) is 15.2. The number of aliphatic hydroxyl groups is 2. The van der Waals surface area contributed by atoms with Crippen molar-refractivity contribution in [1.29, 1.82) is 0 Å². The first-order chi connectivity index (χ1) is 11.9. The number of nitrogens with zero attached hydrogens (tertiary/aromatic N) is 1. The van der Waals surface area contributed by atoms with Gasteiger partial charge in [-0.2, -0.15) is 0 Å². The quantitative estimate of drug-likeness (QED) is 0.592. The van der Waals surface area contributed by atoms with Crippen LogP contribution in [0.1, 0.15) is 30.5 Å². The van der Waals surface area contributed by atoms with E-state index in [1.54, 1.807) is 6.07 Å². The minimum absolute atomic E-state index is 0.0516. The number of rotatable bonds is 8. The smallest absolute Gasteiger partial charge is 0.121 e. The largest absolute Gasteiger partial charge is 0.508 e. The fraction of sp³-hybridized carbons (Fsp3) is 0.400. The van der Waals surface area contributed by atoms with Crippen molar-refractivity contribution >= 4 is 5.69 Å². The van der Waals surface area contributed by atoms with Gasteiger partial charge in [0.25, 0.3) is 0 Å². The highest BCUT2D eigenvalue weighted by atomic mass is 16.3. The maximum Gasteiger partial charge on any atom is 0.121 e. The fourth-order valence-electron chi connectivity index (χ4n) is 3.02.